The summed E-state index contributed by atoms with van der Waals surface area (Å²) in [6, 6.07) is 1.33. The highest BCUT2D eigenvalue weighted by molar-refractivity contribution is 7.89. The zero-order chi connectivity index (χ0) is 15.0. The molecule has 1 aromatic rings. The first-order valence-electron chi connectivity index (χ1n) is 4.95. The van der Waals surface area contributed by atoms with Crippen molar-refractivity contribution in [3.63, 3.8) is 0 Å². The van der Waals surface area contributed by atoms with Gasteiger partial charge in [-0.15, -0.1) is 0 Å². The van der Waals surface area contributed by atoms with Crippen molar-refractivity contribution in [3.05, 3.63) is 23.3 Å². The Balaban J connectivity index is 3.60. The van der Waals surface area contributed by atoms with E-state index >= 15 is 0 Å². The molecule has 0 aliphatic heterocycles. The number of primary sulfonamides is 1. The van der Waals surface area contributed by atoms with E-state index in [1.165, 1.54) is 6.92 Å². The normalized spacial score (nSPS) is 12.3. The van der Waals surface area contributed by atoms with Gasteiger partial charge in [-0.05, 0) is 24.6 Å². The molecule has 19 heavy (non-hydrogen) atoms. The molecule has 0 aliphatic rings. The van der Waals surface area contributed by atoms with Gasteiger partial charge in [0.05, 0.1) is 10.5 Å². The lowest BCUT2D eigenvalue weighted by Gasteiger charge is -2.15. The summed E-state index contributed by atoms with van der Waals surface area (Å²) in [6.45, 7) is 2.49. The second-order valence-electron chi connectivity index (χ2n) is 3.89. The van der Waals surface area contributed by atoms with E-state index in [-0.39, 0.29) is 11.3 Å². The van der Waals surface area contributed by atoms with Crippen molar-refractivity contribution in [3.8, 4) is 0 Å². The van der Waals surface area contributed by atoms with Gasteiger partial charge in [0.2, 0.25) is 15.9 Å². The minimum absolute atomic E-state index is 0.118. The van der Waals surface area contributed by atoms with E-state index in [1.807, 2.05) is 0 Å². The molecule has 0 bridgehead atoms. The monoisotopic (exact) mass is 296 g/mol. The lowest BCUT2D eigenvalue weighted by atomic mass is 10.1. The Morgan fingerprint density at radius 3 is 2.21 bits per heavy atom. The van der Waals surface area contributed by atoms with Gasteiger partial charge in [0.1, 0.15) is 0 Å². The van der Waals surface area contributed by atoms with Crippen LogP contribution in [0.2, 0.25) is 0 Å². The van der Waals surface area contributed by atoms with Crippen LogP contribution < -0.4 is 10.5 Å². The molecule has 1 aromatic carbocycles. The number of hydrogen-bond acceptors (Lipinski definition) is 3. The number of rotatable bonds is 2. The molecule has 0 atom stereocenters. The summed E-state index contributed by atoms with van der Waals surface area (Å²) >= 11 is 0. The maximum absolute atomic E-state index is 12.8. The van der Waals surface area contributed by atoms with Crippen molar-refractivity contribution in [2.75, 3.05) is 5.32 Å². The lowest BCUT2D eigenvalue weighted by molar-refractivity contribution is -0.139. The topological polar surface area (TPSA) is 89.3 Å². The second-order valence-corrected chi connectivity index (χ2v) is 5.42. The van der Waals surface area contributed by atoms with Gasteiger partial charge in [-0.2, -0.15) is 13.2 Å². The number of sulfonamides is 1. The summed E-state index contributed by atoms with van der Waals surface area (Å²) in [4.78, 5) is 9.85. The largest absolute Gasteiger partial charge is 0.417 e. The number of aryl methyl sites for hydroxylation is 1. The minimum Gasteiger partial charge on any atom is -0.326 e. The van der Waals surface area contributed by atoms with Gasteiger partial charge < -0.3 is 5.32 Å². The van der Waals surface area contributed by atoms with Gasteiger partial charge in [-0.3, -0.25) is 4.79 Å². The molecule has 1 amide bonds. The van der Waals surface area contributed by atoms with Crippen LogP contribution in [-0.2, 0) is 21.0 Å². The molecule has 0 spiro atoms. The highest BCUT2D eigenvalue weighted by Crippen LogP contribution is 2.36. The van der Waals surface area contributed by atoms with Crippen LogP contribution >= 0.6 is 0 Å². The lowest BCUT2D eigenvalue weighted by Crippen LogP contribution is -2.20. The molecule has 0 aliphatic carbocycles. The average molecular weight is 296 g/mol. The molecule has 0 aromatic heterocycles. The van der Waals surface area contributed by atoms with Gasteiger partial charge in [-0.25, -0.2) is 13.6 Å². The third-order valence-corrected chi connectivity index (χ3v) is 3.20. The molecule has 0 radical (unpaired) electrons. The zero-order valence-electron chi connectivity index (χ0n) is 10.00. The average Bonchev–Trinajstić information content (AvgIpc) is 2.16. The second kappa shape index (κ2) is 4.82. The van der Waals surface area contributed by atoms with Crippen LogP contribution in [0.5, 0.6) is 0 Å². The fourth-order valence-corrected chi connectivity index (χ4v) is 2.28. The number of nitrogens with two attached hydrogens (primary N) is 1. The van der Waals surface area contributed by atoms with Crippen molar-refractivity contribution in [2.45, 2.75) is 24.9 Å². The van der Waals surface area contributed by atoms with Gasteiger partial charge in [0.25, 0.3) is 0 Å². The number of halogens is 3. The van der Waals surface area contributed by atoms with E-state index in [4.69, 9.17) is 5.14 Å². The van der Waals surface area contributed by atoms with Crippen LogP contribution in [-0.4, -0.2) is 14.3 Å². The van der Waals surface area contributed by atoms with Crippen molar-refractivity contribution >= 4 is 21.6 Å². The quantitative estimate of drug-likeness (QED) is 0.869. The van der Waals surface area contributed by atoms with Gasteiger partial charge >= 0.3 is 6.18 Å². The molecular formula is C10H11F3N2O3S. The van der Waals surface area contributed by atoms with Crippen LogP contribution in [0.1, 0.15) is 18.1 Å². The molecule has 0 fully saturated rings. The molecule has 0 saturated heterocycles. The Bertz CT molecular complexity index is 624. The Labute approximate surface area is 107 Å². The smallest absolute Gasteiger partial charge is 0.326 e. The first-order valence-corrected chi connectivity index (χ1v) is 6.50. The summed E-state index contributed by atoms with van der Waals surface area (Å²) < 4.78 is 60.7. The third kappa shape index (κ3) is 3.67. The highest BCUT2D eigenvalue weighted by atomic mass is 32.2. The number of carbonyl (C=O) groups is 1. The molecule has 5 nitrogen and oxygen atoms in total. The number of alkyl halides is 3. The van der Waals surface area contributed by atoms with Crippen LogP contribution in [0.4, 0.5) is 18.9 Å². The maximum atomic E-state index is 12.8. The standard InChI is InChI=1S/C10H11F3N2O3S/c1-5-3-9(19(14,17)18)7(10(11,12)13)4-8(5)15-6(2)16/h3-4H,1-2H3,(H,15,16)(H2,14,17,18). The number of benzene rings is 1. The van der Waals surface area contributed by atoms with E-state index in [9.17, 15) is 26.4 Å². The molecule has 0 saturated carbocycles. The van der Waals surface area contributed by atoms with Crippen molar-refractivity contribution in [2.24, 2.45) is 5.14 Å². The Kier molecular flexibility index (Phi) is 3.92. The Hall–Kier alpha value is -1.61. The summed E-state index contributed by atoms with van der Waals surface area (Å²) in [5.41, 5.74) is -1.37. The van der Waals surface area contributed by atoms with Gasteiger partial charge in [0, 0.05) is 12.6 Å². The number of hydrogen-bond donors (Lipinski definition) is 2. The zero-order valence-corrected chi connectivity index (χ0v) is 10.8. The summed E-state index contributed by atoms with van der Waals surface area (Å²) in [5, 5.41) is 6.95. The molecule has 0 heterocycles. The van der Waals surface area contributed by atoms with Crippen LogP contribution in [0.3, 0.4) is 0 Å². The summed E-state index contributed by atoms with van der Waals surface area (Å²) in [6.07, 6.45) is -4.90. The first-order chi connectivity index (χ1) is 8.43. The minimum atomic E-state index is -4.90. The Morgan fingerprint density at radius 1 is 1.32 bits per heavy atom. The predicted molar refractivity (Wildman–Crippen MR) is 61.9 cm³/mol. The number of amides is 1. The molecule has 1 rings (SSSR count). The first kappa shape index (κ1) is 15.4. The van der Waals surface area contributed by atoms with E-state index < -0.39 is 32.6 Å². The summed E-state index contributed by atoms with van der Waals surface area (Å²) in [5.74, 6) is -0.570. The summed E-state index contributed by atoms with van der Waals surface area (Å²) in [7, 11) is -4.52. The molecule has 0 unspecified atom stereocenters. The molecule has 3 N–H and O–H groups in total. The predicted octanol–water partition coefficient (Wildman–Crippen LogP) is 1.62. The number of nitrogens with one attached hydrogen (secondary N) is 1. The van der Waals surface area contributed by atoms with Gasteiger partial charge in [-0.1, -0.05) is 0 Å². The number of anilines is 1. The highest BCUT2D eigenvalue weighted by Gasteiger charge is 2.37. The van der Waals surface area contributed by atoms with E-state index in [1.54, 1.807) is 0 Å². The SMILES string of the molecule is CC(=O)Nc1cc(C(F)(F)F)c(S(N)(=O)=O)cc1C. The van der Waals surface area contributed by atoms with Crippen molar-refractivity contribution < 1.29 is 26.4 Å². The third-order valence-electron chi connectivity index (χ3n) is 2.25. The fraction of sp³-hybridized carbons (Fsp3) is 0.300. The van der Waals surface area contributed by atoms with E-state index in [0.29, 0.717) is 6.07 Å². The van der Waals surface area contributed by atoms with Crippen molar-refractivity contribution in [1.29, 1.82) is 0 Å². The van der Waals surface area contributed by atoms with E-state index in [0.717, 1.165) is 13.0 Å². The Morgan fingerprint density at radius 2 is 1.84 bits per heavy atom. The van der Waals surface area contributed by atoms with Crippen LogP contribution in [0, 0.1) is 6.92 Å². The molecule has 106 valence electrons. The van der Waals surface area contributed by atoms with Crippen molar-refractivity contribution in [1.82, 2.24) is 0 Å². The maximum Gasteiger partial charge on any atom is 0.417 e. The molecular weight excluding hydrogens is 285 g/mol. The number of carbonyl (C=O) groups excluding carboxylic acids is 1. The molecule has 9 heteroatoms. The van der Waals surface area contributed by atoms with Gasteiger partial charge in [0.15, 0.2) is 0 Å². The fourth-order valence-electron chi connectivity index (χ4n) is 1.46. The van der Waals surface area contributed by atoms with E-state index in [2.05, 4.69) is 5.32 Å². The van der Waals surface area contributed by atoms with Crippen LogP contribution in [0.25, 0.3) is 0 Å². The van der Waals surface area contributed by atoms with Crippen LogP contribution in [0.15, 0.2) is 17.0 Å².